The Hall–Kier alpha value is -13.9. The zero-order chi connectivity index (χ0) is 90.7. The number of ether oxygens (including phenoxy) is 6. The van der Waals surface area contributed by atoms with Crippen molar-refractivity contribution in [3.63, 3.8) is 0 Å². The highest BCUT2D eigenvalue weighted by molar-refractivity contribution is 6.14. The molecule has 2 atom stereocenters. The lowest BCUT2D eigenvalue weighted by Crippen LogP contribution is -2.35. The van der Waals surface area contributed by atoms with Gasteiger partial charge in [-0.15, -0.1) is 5.06 Å². The fraction of sp³-hybridized carbons (Fsp3) is 0.400. The molecule has 4 aromatic carbocycles. The van der Waals surface area contributed by atoms with Crippen molar-refractivity contribution >= 4 is 141 Å². The van der Waals surface area contributed by atoms with E-state index in [-0.39, 0.29) is 197 Å². The zero-order valence-electron chi connectivity index (χ0n) is 67.6. The SMILES string of the molecule is NCC(N)=Nc1cccc(C(=O)NCC(=O)C[C@@H](CC(=O)O)C(=O)Nc2ccc(OCCNC(=O)CCOCCOCCNC(=O)CCN3C(=O)C=CC3=O)cc2)c1.NCCOc1ccc(NC(=O)[C@H](CC(=O)O)CC(=O)CNC(=O)c2cccc(N=C(N)CN)c2)cc1.O=C(CCN1C(=O)C=CC1=O)NCCOCCOCCC(=O)ON1C(=O)CCC1=O. The molecule has 3 aliphatic heterocycles. The second-order valence-corrected chi connectivity index (χ2v) is 26.5. The Morgan fingerprint density at radius 2 is 0.798 bits per heavy atom. The second-order valence-electron chi connectivity index (χ2n) is 26.5. The van der Waals surface area contributed by atoms with E-state index in [1.807, 2.05) is 0 Å². The van der Waals surface area contributed by atoms with Gasteiger partial charge in [-0.3, -0.25) is 91.3 Å². The summed E-state index contributed by atoms with van der Waals surface area (Å²) in [6, 6.07) is 25.1. The van der Waals surface area contributed by atoms with Gasteiger partial charge >= 0.3 is 17.9 Å². The largest absolute Gasteiger partial charge is 0.492 e. The average molecular weight is 1730 g/mol. The number of rotatable bonds is 54. The van der Waals surface area contributed by atoms with Crippen LogP contribution in [0.4, 0.5) is 22.7 Å². The number of carboxylic acids is 2. The minimum absolute atomic E-state index is 0.00634. The number of carbonyl (C=O) groups is 18. The van der Waals surface area contributed by atoms with Crippen LogP contribution in [0.5, 0.6) is 11.5 Å². The molecule has 44 heteroatoms. The van der Waals surface area contributed by atoms with Gasteiger partial charge in [0, 0.05) is 124 Å². The van der Waals surface area contributed by atoms with Crippen LogP contribution in [0.1, 0.15) is 84.9 Å². The van der Waals surface area contributed by atoms with Crippen LogP contribution in [-0.4, -0.2) is 275 Å². The maximum Gasteiger partial charge on any atom is 0.335 e. The number of nitrogens with zero attached hydrogens (tertiary/aromatic N) is 5. The van der Waals surface area contributed by atoms with E-state index >= 15 is 0 Å². The van der Waals surface area contributed by atoms with Crippen LogP contribution in [-0.2, 0) is 100 Å². The quantitative estimate of drug-likeness (QED) is 0.0101. The van der Waals surface area contributed by atoms with Gasteiger partial charge in [-0.25, -0.2) is 14.8 Å². The number of amides is 13. The van der Waals surface area contributed by atoms with Gasteiger partial charge in [0.2, 0.25) is 29.5 Å². The highest BCUT2D eigenvalue weighted by Gasteiger charge is 2.33. The van der Waals surface area contributed by atoms with E-state index in [0.717, 1.165) is 34.1 Å². The van der Waals surface area contributed by atoms with Crippen molar-refractivity contribution in [3.05, 3.63) is 132 Å². The Morgan fingerprint density at radius 3 is 1.19 bits per heavy atom. The Bertz CT molecular complexity index is 4470. The monoisotopic (exact) mass is 1730 g/mol. The van der Waals surface area contributed by atoms with Gasteiger partial charge in [-0.1, -0.05) is 12.1 Å². The van der Waals surface area contributed by atoms with Crippen molar-refractivity contribution in [3.8, 4) is 11.5 Å². The molecule has 13 amide bonds. The first kappa shape index (κ1) is 101. The highest BCUT2D eigenvalue weighted by atomic mass is 16.7. The summed E-state index contributed by atoms with van der Waals surface area (Å²) in [5.41, 5.74) is 29.5. The molecule has 124 heavy (non-hydrogen) atoms. The third-order valence-electron chi connectivity index (χ3n) is 16.9. The van der Waals surface area contributed by atoms with Gasteiger partial charge in [0.05, 0.1) is 128 Å². The maximum absolute atomic E-state index is 12.9. The number of ketones is 2. The van der Waals surface area contributed by atoms with E-state index in [2.05, 4.69) is 52.0 Å². The van der Waals surface area contributed by atoms with E-state index in [1.54, 1.807) is 60.7 Å². The van der Waals surface area contributed by atoms with Crippen molar-refractivity contribution < 1.29 is 130 Å². The molecule has 4 aromatic rings. The summed E-state index contributed by atoms with van der Waals surface area (Å²) in [5, 5.41) is 37.1. The van der Waals surface area contributed by atoms with Gasteiger partial charge in [0.15, 0.2) is 11.6 Å². The summed E-state index contributed by atoms with van der Waals surface area (Å²) in [6.45, 7) is 2.47. The van der Waals surface area contributed by atoms with Crippen molar-refractivity contribution in [2.75, 3.05) is 142 Å². The van der Waals surface area contributed by atoms with Crippen LogP contribution < -0.4 is 75.4 Å². The normalized spacial score (nSPS) is 13.3. The van der Waals surface area contributed by atoms with Crippen LogP contribution in [0, 0.1) is 11.8 Å². The van der Waals surface area contributed by atoms with E-state index in [4.69, 9.17) is 57.1 Å². The molecule has 668 valence electrons. The van der Waals surface area contributed by atoms with Crippen LogP contribution in [0.25, 0.3) is 0 Å². The number of hydrogen-bond acceptors (Lipinski definition) is 30. The molecular formula is C80H101N17O27. The van der Waals surface area contributed by atoms with Crippen molar-refractivity contribution in [1.29, 1.82) is 0 Å². The summed E-state index contributed by atoms with van der Waals surface area (Å²) in [6.07, 6.45) is 2.75. The number of nitrogens with one attached hydrogen (secondary N) is 7. The third kappa shape index (κ3) is 40.0. The molecule has 0 radical (unpaired) electrons. The van der Waals surface area contributed by atoms with Crippen molar-refractivity contribution in [2.24, 2.45) is 50.5 Å². The molecule has 0 unspecified atom stereocenters. The van der Waals surface area contributed by atoms with Gasteiger partial charge in [0.1, 0.15) is 36.4 Å². The fourth-order valence-corrected chi connectivity index (χ4v) is 10.6. The van der Waals surface area contributed by atoms with Gasteiger partial charge in [-0.05, 0) is 84.9 Å². The van der Waals surface area contributed by atoms with Gasteiger partial charge < -0.3 is 109 Å². The van der Waals surface area contributed by atoms with Crippen LogP contribution in [0.15, 0.2) is 131 Å². The topological polar surface area (TPSA) is 661 Å². The molecule has 3 heterocycles. The number of aliphatic imine (C=N–C) groups is 2. The molecule has 1 fully saturated rings. The van der Waals surface area contributed by atoms with Crippen molar-refractivity contribution in [2.45, 2.75) is 64.2 Å². The lowest BCUT2D eigenvalue weighted by atomic mass is 9.97. The number of aliphatic carboxylic acids is 2. The van der Waals surface area contributed by atoms with E-state index < -0.39 is 126 Å². The number of hydroxylamine groups is 2. The number of anilines is 2. The molecule has 0 aromatic heterocycles. The molecule has 1 saturated heterocycles. The summed E-state index contributed by atoms with van der Waals surface area (Å²) < 4.78 is 32.2. The predicted octanol–water partition coefficient (Wildman–Crippen LogP) is -1.76. The number of Topliss-reactive ketones (excluding diaryl/α,β-unsaturated/α-hetero) is 2. The number of amidine groups is 2. The average Bonchev–Trinajstić information content (AvgIpc) is 1.46. The number of carboxylic acid groups (broad SMARTS) is 2. The van der Waals surface area contributed by atoms with E-state index in [0.29, 0.717) is 52.5 Å². The Kier molecular flexibility index (Phi) is 45.3. The highest BCUT2D eigenvalue weighted by Crippen LogP contribution is 2.23. The Balaban J connectivity index is 0.000000354. The first-order valence-electron chi connectivity index (χ1n) is 38.8. The molecule has 7 rings (SSSR count). The lowest BCUT2D eigenvalue weighted by molar-refractivity contribution is -0.198. The van der Waals surface area contributed by atoms with Gasteiger partial charge in [0.25, 0.3) is 47.3 Å². The van der Waals surface area contributed by atoms with Crippen LogP contribution in [0.2, 0.25) is 0 Å². The number of carbonyl (C=O) groups excluding carboxylic acids is 16. The molecule has 0 aliphatic carbocycles. The molecule has 0 spiro atoms. The summed E-state index contributed by atoms with van der Waals surface area (Å²) in [4.78, 5) is 229. The third-order valence-corrected chi connectivity index (χ3v) is 16.9. The molecular weight excluding hydrogens is 1630 g/mol. The van der Waals surface area contributed by atoms with E-state index in [9.17, 15) is 96.5 Å². The molecule has 3 aliphatic rings. The number of nitrogens with two attached hydrogens (primary N) is 5. The number of imide groups is 3. The Labute approximate surface area is 710 Å². The first-order chi connectivity index (χ1) is 59.4. The smallest absolute Gasteiger partial charge is 0.335 e. The minimum atomic E-state index is -1.28. The predicted molar refractivity (Wildman–Crippen MR) is 439 cm³/mol. The fourth-order valence-electron chi connectivity index (χ4n) is 10.6. The minimum Gasteiger partial charge on any atom is -0.492 e. The Morgan fingerprint density at radius 1 is 0.427 bits per heavy atom. The van der Waals surface area contributed by atoms with E-state index in [1.165, 1.54) is 36.4 Å². The number of benzene rings is 4. The summed E-state index contributed by atoms with van der Waals surface area (Å²) >= 11 is 0. The van der Waals surface area contributed by atoms with Crippen LogP contribution in [0.3, 0.4) is 0 Å². The zero-order valence-corrected chi connectivity index (χ0v) is 67.6. The van der Waals surface area contributed by atoms with Crippen molar-refractivity contribution in [1.82, 2.24) is 41.4 Å². The summed E-state index contributed by atoms with van der Waals surface area (Å²) in [7, 11) is 0. The van der Waals surface area contributed by atoms with Gasteiger partial charge in [-0.2, -0.15) is 0 Å². The first-order valence-corrected chi connectivity index (χ1v) is 38.8. The molecule has 0 bridgehead atoms. The standard InChI is InChI=1S/C38H48N8O12.C24H30N6O6.C18H23N3O9/c39-23-31(40)44-28-3-1-2-25(20-28)37(54)43-24-29(47)21-26(22-36(52)53)38(55)45-27-4-6-30(7-5-27)58-17-13-42-33(49)11-15-56-18-19-57-16-12-41-32(48)10-14-46-34(50)8-9-35(46)51;25-8-9-36-20-6-4-17(5-7-20)30-24(35)16(12-22(32)33)11-19(31)14-28-23(34)15-2-1-3-18(10-15)29-21(27)13-26;22-13(5-8-20-14(23)1-2-15(20)24)19-7-10-29-12-11-28-9-6-18(27)30-21-16(25)3-4-17(21)26/h1-9,20,26H,10-19,21-24,39H2,(H2,40,44)(H,41,48)(H,42,49)(H,43,54)(H,45,55)(H,52,53);1-7,10,16H,8-9,11-14,25-26H2,(H2,27,29)(H,28,34)(H,30,35)(H,32,33);1-2H,3-12H2,(H,19,22)/t26-;16-;/m00./s1. The maximum atomic E-state index is 12.9. The molecule has 19 N–H and O–H groups in total. The number of hydrogen-bond donors (Lipinski definition) is 14. The molecule has 0 saturated carbocycles. The molecule has 44 nitrogen and oxygen atoms in total. The second kappa shape index (κ2) is 55.8. The lowest BCUT2D eigenvalue weighted by Gasteiger charge is -2.15. The summed E-state index contributed by atoms with van der Waals surface area (Å²) in [5.74, 6) is -11.4. The van der Waals surface area contributed by atoms with Crippen LogP contribution >= 0.6 is 0 Å².